The van der Waals surface area contributed by atoms with Crippen LogP contribution >= 0.6 is 11.6 Å². The van der Waals surface area contributed by atoms with Crippen LogP contribution in [-0.2, 0) is 11.3 Å². The van der Waals surface area contributed by atoms with E-state index >= 15 is 0 Å². The number of hydrogen-bond donors (Lipinski definition) is 2. The van der Waals surface area contributed by atoms with E-state index in [0.717, 1.165) is 5.69 Å². The minimum Gasteiger partial charge on any atom is -0.322 e. The van der Waals surface area contributed by atoms with Gasteiger partial charge in [0.15, 0.2) is 5.15 Å². The average Bonchev–Trinajstić information content (AvgIpc) is 2.91. The number of nitrogens with one attached hydrogen (secondary N) is 2. The molecule has 0 saturated heterocycles. The Kier molecular flexibility index (Phi) is 5.03. The second kappa shape index (κ2) is 6.97. The highest BCUT2D eigenvalue weighted by Crippen LogP contribution is 2.18. The van der Waals surface area contributed by atoms with Crippen LogP contribution in [-0.4, -0.2) is 39.0 Å². The molecule has 2 aromatic heterocycles. The lowest BCUT2D eigenvalue weighted by Crippen LogP contribution is -2.30. The molecule has 0 saturated carbocycles. The monoisotopic (exact) mass is 294 g/mol. The molecule has 0 bridgehead atoms. The van der Waals surface area contributed by atoms with Gasteiger partial charge in [-0.3, -0.25) is 9.48 Å². The van der Waals surface area contributed by atoms with Gasteiger partial charge in [0.1, 0.15) is 0 Å². The van der Waals surface area contributed by atoms with Crippen LogP contribution in [0.3, 0.4) is 0 Å². The van der Waals surface area contributed by atoms with Crippen molar-refractivity contribution in [1.29, 1.82) is 0 Å². The predicted molar refractivity (Wildman–Crippen MR) is 75.5 cm³/mol. The van der Waals surface area contributed by atoms with Crippen molar-refractivity contribution in [2.75, 3.05) is 18.4 Å². The third-order valence-corrected chi connectivity index (χ3v) is 2.83. The topological polar surface area (TPSA) is 84.7 Å². The number of halogens is 1. The van der Waals surface area contributed by atoms with Crippen LogP contribution in [0.15, 0.2) is 24.5 Å². The summed E-state index contributed by atoms with van der Waals surface area (Å²) in [6.45, 7) is 3.30. The first kappa shape index (κ1) is 14.4. The maximum atomic E-state index is 11.7. The summed E-state index contributed by atoms with van der Waals surface area (Å²) < 4.78 is 1.69. The molecule has 0 aliphatic rings. The molecule has 20 heavy (non-hydrogen) atoms. The van der Waals surface area contributed by atoms with Gasteiger partial charge in [-0.2, -0.15) is 0 Å². The first-order valence-electron chi connectivity index (χ1n) is 6.13. The van der Waals surface area contributed by atoms with Crippen molar-refractivity contribution in [3.05, 3.63) is 35.4 Å². The van der Waals surface area contributed by atoms with Crippen LogP contribution < -0.4 is 10.6 Å². The molecule has 2 N–H and O–H groups in total. The fraction of sp³-hybridized carbons (Fsp3) is 0.333. The number of aryl methyl sites for hydroxylation is 1. The number of rotatable bonds is 6. The standard InChI is InChI=1S/C12H15ClN6O/c1-9-2-3-10(12(13)16-9)17-11(20)8-14-4-6-19-7-5-15-18-19/h2-3,5,7,14H,4,6,8H2,1H3,(H,17,20). The summed E-state index contributed by atoms with van der Waals surface area (Å²) in [7, 11) is 0. The van der Waals surface area contributed by atoms with Crippen molar-refractivity contribution in [3.63, 3.8) is 0 Å². The summed E-state index contributed by atoms with van der Waals surface area (Å²) >= 11 is 5.94. The molecule has 0 spiro atoms. The Hall–Kier alpha value is -1.99. The summed E-state index contributed by atoms with van der Waals surface area (Å²) in [6.07, 6.45) is 3.37. The lowest BCUT2D eigenvalue weighted by Gasteiger charge is -2.08. The lowest BCUT2D eigenvalue weighted by molar-refractivity contribution is -0.115. The van der Waals surface area contributed by atoms with E-state index in [1.807, 2.05) is 6.92 Å². The number of pyridine rings is 1. The fourth-order valence-corrected chi connectivity index (χ4v) is 1.80. The second-order valence-electron chi connectivity index (χ2n) is 4.18. The Morgan fingerprint density at radius 1 is 1.45 bits per heavy atom. The normalized spacial score (nSPS) is 10.5. The van der Waals surface area contributed by atoms with Crippen LogP contribution in [0.2, 0.25) is 5.15 Å². The van der Waals surface area contributed by atoms with Gasteiger partial charge in [0, 0.05) is 18.4 Å². The molecule has 106 valence electrons. The highest BCUT2D eigenvalue weighted by atomic mass is 35.5. The molecule has 0 fully saturated rings. The van der Waals surface area contributed by atoms with E-state index in [0.29, 0.717) is 23.9 Å². The molecule has 0 aliphatic heterocycles. The van der Waals surface area contributed by atoms with Crippen molar-refractivity contribution < 1.29 is 4.79 Å². The Labute approximate surface area is 121 Å². The summed E-state index contributed by atoms with van der Waals surface area (Å²) in [4.78, 5) is 15.8. The van der Waals surface area contributed by atoms with Crippen molar-refractivity contribution in [1.82, 2.24) is 25.3 Å². The van der Waals surface area contributed by atoms with Gasteiger partial charge in [0.2, 0.25) is 5.91 Å². The van der Waals surface area contributed by atoms with Gasteiger partial charge >= 0.3 is 0 Å². The van der Waals surface area contributed by atoms with Crippen molar-refractivity contribution >= 4 is 23.2 Å². The minimum absolute atomic E-state index is 0.170. The number of nitrogens with zero attached hydrogens (tertiary/aromatic N) is 4. The fourth-order valence-electron chi connectivity index (χ4n) is 1.56. The highest BCUT2D eigenvalue weighted by molar-refractivity contribution is 6.32. The number of amides is 1. The molecule has 7 nitrogen and oxygen atoms in total. The maximum absolute atomic E-state index is 11.7. The van der Waals surface area contributed by atoms with Gasteiger partial charge in [-0.25, -0.2) is 4.98 Å². The molecule has 2 aromatic rings. The first-order chi connectivity index (χ1) is 9.65. The summed E-state index contributed by atoms with van der Waals surface area (Å²) in [6, 6.07) is 3.53. The zero-order valence-electron chi connectivity index (χ0n) is 11.0. The first-order valence-corrected chi connectivity index (χ1v) is 6.51. The number of anilines is 1. The van der Waals surface area contributed by atoms with Gasteiger partial charge in [-0.1, -0.05) is 16.8 Å². The van der Waals surface area contributed by atoms with Crippen LogP contribution in [0.4, 0.5) is 5.69 Å². The maximum Gasteiger partial charge on any atom is 0.238 e. The van der Waals surface area contributed by atoms with E-state index in [1.54, 1.807) is 29.2 Å². The quantitative estimate of drug-likeness (QED) is 0.610. The molecular weight excluding hydrogens is 280 g/mol. The Morgan fingerprint density at radius 2 is 2.30 bits per heavy atom. The van der Waals surface area contributed by atoms with Gasteiger partial charge in [0.25, 0.3) is 0 Å². The van der Waals surface area contributed by atoms with Gasteiger partial charge in [0.05, 0.1) is 25.0 Å². The molecule has 1 amide bonds. The third-order valence-electron chi connectivity index (χ3n) is 2.54. The van der Waals surface area contributed by atoms with Crippen molar-refractivity contribution in [2.24, 2.45) is 0 Å². The Morgan fingerprint density at radius 3 is 3.00 bits per heavy atom. The van der Waals surface area contributed by atoms with Crippen LogP contribution in [0, 0.1) is 6.92 Å². The molecule has 2 rings (SSSR count). The van der Waals surface area contributed by atoms with E-state index in [2.05, 4.69) is 25.9 Å². The zero-order valence-corrected chi connectivity index (χ0v) is 11.8. The Bertz CT molecular complexity index is 571. The molecule has 0 aliphatic carbocycles. The molecule has 0 atom stereocenters. The number of carbonyl (C=O) groups excluding carboxylic acids is 1. The van der Waals surface area contributed by atoms with Crippen molar-refractivity contribution in [2.45, 2.75) is 13.5 Å². The number of hydrogen-bond acceptors (Lipinski definition) is 5. The summed E-state index contributed by atoms with van der Waals surface area (Å²) in [5.41, 5.74) is 1.32. The summed E-state index contributed by atoms with van der Waals surface area (Å²) in [5, 5.41) is 13.5. The van der Waals surface area contributed by atoms with Crippen LogP contribution in [0.1, 0.15) is 5.69 Å². The van der Waals surface area contributed by atoms with Gasteiger partial charge in [-0.15, -0.1) is 5.10 Å². The molecule has 2 heterocycles. The second-order valence-corrected chi connectivity index (χ2v) is 4.54. The van der Waals surface area contributed by atoms with Gasteiger partial charge in [-0.05, 0) is 19.1 Å². The zero-order chi connectivity index (χ0) is 14.4. The predicted octanol–water partition coefficient (Wildman–Crippen LogP) is 0.863. The molecule has 0 aromatic carbocycles. The third kappa shape index (κ3) is 4.29. The van der Waals surface area contributed by atoms with Crippen molar-refractivity contribution in [3.8, 4) is 0 Å². The Balaban J connectivity index is 1.72. The average molecular weight is 295 g/mol. The molecule has 0 unspecified atom stereocenters. The SMILES string of the molecule is Cc1ccc(NC(=O)CNCCn2ccnn2)c(Cl)n1. The molecule has 0 radical (unpaired) electrons. The number of aromatic nitrogens is 4. The van der Waals surface area contributed by atoms with Crippen LogP contribution in [0.5, 0.6) is 0 Å². The van der Waals surface area contributed by atoms with E-state index in [1.165, 1.54) is 0 Å². The lowest BCUT2D eigenvalue weighted by atomic mass is 10.3. The largest absolute Gasteiger partial charge is 0.322 e. The molecule has 8 heteroatoms. The van der Waals surface area contributed by atoms with Gasteiger partial charge < -0.3 is 10.6 Å². The summed E-state index contributed by atoms with van der Waals surface area (Å²) in [5.74, 6) is -0.170. The minimum atomic E-state index is -0.170. The molecular formula is C12H15ClN6O. The van der Waals surface area contributed by atoms with E-state index in [4.69, 9.17) is 11.6 Å². The number of carbonyl (C=O) groups is 1. The highest BCUT2D eigenvalue weighted by Gasteiger charge is 2.06. The smallest absolute Gasteiger partial charge is 0.238 e. The van der Waals surface area contributed by atoms with E-state index in [-0.39, 0.29) is 12.5 Å². The van der Waals surface area contributed by atoms with E-state index < -0.39 is 0 Å². The van der Waals surface area contributed by atoms with E-state index in [9.17, 15) is 4.79 Å². The van der Waals surface area contributed by atoms with Crippen LogP contribution in [0.25, 0.3) is 0 Å².